The van der Waals surface area contributed by atoms with E-state index in [0.29, 0.717) is 22.1 Å². The van der Waals surface area contributed by atoms with Crippen LogP contribution in [0.25, 0.3) is 6.08 Å². The van der Waals surface area contributed by atoms with Crippen molar-refractivity contribution >= 4 is 23.6 Å². The summed E-state index contributed by atoms with van der Waals surface area (Å²) in [6, 6.07) is 12.7. The molecule has 1 N–H and O–H groups in total. The molecule has 2 aromatic carbocycles. The van der Waals surface area contributed by atoms with E-state index in [1.54, 1.807) is 12.1 Å². The van der Waals surface area contributed by atoms with Crippen LogP contribution in [-0.2, 0) is 0 Å². The third kappa shape index (κ3) is 2.42. The van der Waals surface area contributed by atoms with Crippen molar-refractivity contribution in [2.45, 2.75) is 4.90 Å². The van der Waals surface area contributed by atoms with Crippen molar-refractivity contribution in [1.29, 1.82) is 0 Å². The summed E-state index contributed by atoms with van der Waals surface area (Å²) in [7, 11) is 0. The third-order valence-electron chi connectivity index (χ3n) is 2.99. The minimum atomic E-state index is -0.221. The lowest BCUT2D eigenvalue weighted by Crippen LogP contribution is -1.97. The molecule has 3 nitrogen and oxygen atoms in total. The summed E-state index contributed by atoms with van der Waals surface area (Å²) in [5, 5.41) is 9.92. The predicted octanol–water partition coefficient (Wildman–Crippen LogP) is 3.73. The summed E-state index contributed by atoms with van der Waals surface area (Å²) in [4.78, 5) is 13.0. The second-order valence-electron chi connectivity index (χ2n) is 4.30. The Morgan fingerprint density at radius 3 is 2.80 bits per heavy atom. The molecule has 0 aliphatic carbocycles. The zero-order chi connectivity index (χ0) is 13.9. The Labute approximate surface area is 120 Å². The Hall–Kier alpha value is -2.20. The molecule has 0 saturated heterocycles. The zero-order valence-electron chi connectivity index (χ0n) is 10.6. The number of fused-ring (bicyclic) bond motifs is 1. The van der Waals surface area contributed by atoms with Gasteiger partial charge in [-0.2, -0.15) is 0 Å². The SMILES string of the molecule is O=C(/C=C/c1ccccc1)c1c(O)ccc2c1SCO2. The first-order chi connectivity index (χ1) is 9.75. The quantitative estimate of drug-likeness (QED) is 0.689. The van der Waals surface area contributed by atoms with E-state index in [0.717, 1.165) is 5.56 Å². The maximum Gasteiger partial charge on any atom is 0.190 e. The van der Waals surface area contributed by atoms with Gasteiger partial charge in [-0.1, -0.05) is 48.2 Å². The monoisotopic (exact) mass is 284 g/mol. The topological polar surface area (TPSA) is 46.5 Å². The maximum atomic E-state index is 12.3. The molecule has 2 aromatic rings. The normalized spacial score (nSPS) is 13.2. The summed E-state index contributed by atoms with van der Waals surface area (Å²) in [6.07, 6.45) is 3.21. The number of thioether (sulfide) groups is 1. The van der Waals surface area contributed by atoms with Gasteiger partial charge >= 0.3 is 0 Å². The smallest absolute Gasteiger partial charge is 0.190 e. The van der Waals surface area contributed by atoms with Crippen LogP contribution in [-0.4, -0.2) is 16.8 Å². The Morgan fingerprint density at radius 1 is 1.20 bits per heavy atom. The molecular formula is C16H12O3S. The van der Waals surface area contributed by atoms with E-state index in [-0.39, 0.29) is 11.5 Å². The summed E-state index contributed by atoms with van der Waals surface area (Å²) in [5.74, 6) is 0.900. The van der Waals surface area contributed by atoms with Gasteiger partial charge < -0.3 is 9.84 Å². The fourth-order valence-electron chi connectivity index (χ4n) is 2.02. The van der Waals surface area contributed by atoms with E-state index in [2.05, 4.69) is 0 Å². The van der Waals surface area contributed by atoms with Crippen LogP contribution in [0.15, 0.2) is 53.4 Å². The Kier molecular flexibility index (Phi) is 3.48. The second kappa shape index (κ2) is 5.43. The number of ketones is 1. The van der Waals surface area contributed by atoms with Crippen molar-refractivity contribution in [2.75, 3.05) is 5.94 Å². The summed E-state index contributed by atoms with van der Waals surface area (Å²) in [6.45, 7) is 0. The molecule has 4 heteroatoms. The van der Waals surface area contributed by atoms with Gasteiger partial charge in [0.05, 0.1) is 10.5 Å². The number of allylic oxidation sites excluding steroid dienone is 1. The summed E-state index contributed by atoms with van der Waals surface area (Å²) < 4.78 is 5.38. The molecule has 0 radical (unpaired) electrons. The number of phenols is 1. The molecular weight excluding hydrogens is 272 g/mol. The van der Waals surface area contributed by atoms with Crippen molar-refractivity contribution in [2.24, 2.45) is 0 Å². The minimum absolute atomic E-state index is 0.00976. The highest BCUT2D eigenvalue weighted by Crippen LogP contribution is 2.42. The number of rotatable bonds is 3. The average Bonchev–Trinajstić information content (AvgIpc) is 2.94. The van der Waals surface area contributed by atoms with Crippen molar-refractivity contribution < 1.29 is 14.6 Å². The number of carbonyl (C=O) groups is 1. The lowest BCUT2D eigenvalue weighted by Gasteiger charge is -2.05. The lowest BCUT2D eigenvalue weighted by molar-refractivity contribution is 0.104. The molecule has 1 aliphatic heterocycles. The van der Waals surface area contributed by atoms with Crippen LogP contribution in [0.3, 0.4) is 0 Å². The van der Waals surface area contributed by atoms with Gasteiger partial charge in [0.25, 0.3) is 0 Å². The molecule has 0 amide bonds. The van der Waals surface area contributed by atoms with Crippen molar-refractivity contribution in [3.05, 3.63) is 59.7 Å². The fraction of sp³-hybridized carbons (Fsp3) is 0.0625. The van der Waals surface area contributed by atoms with Gasteiger partial charge in [0.1, 0.15) is 17.4 Å². The molecule has 0 fully saturated rings. The van der Waals surface area contributed by atoms with Crippen LogP contribution < -0.4 is 4.74 Å². The highest BCUT2D eigenvalue weighted by atomic mass is 32.2. The molecule has 3 rings (SSSR count). The number of hydrogen-bond donors (Lipinski definition) is 1. The number of ether oxygens (including phenoxy) is 1. The van der Waals surface area contributed by atoms with Gasteiger partial charge in [-0.15, -0.1) is 0 Å². The van der Waals surface area contributed by atoms with Gasteiger partial charge in [0.2, 0.25) is 0 Å². The Bertz CT molecular complexity index is 678. The van der Waals surface area contributed by atoms with Crippen molar-refractivity contribution in [3.8, 4) is 11.5 Å². The first-order valence-electron chi connectivity index (χ1n) is 6.15. The molecule has 100 valence electrons. The van der Waals surface area contributed by atoms with Crippen LogP contribution in [0.4, 0.5) is 0 Å². The first kappa shape index (κ1) is 12.8. The van der Waals surface area contributed by atoms with Gasteiger partial charge in [0.15, 0.2) is 5.78 Å². The number of carbonyl (C=O) groups excluding carboxylic acids is 1. The summed E-state index contributed by atoms with van der Waals surface area (Å²) >= 11 is 1.42. The molecule has 0 saturated carbocycles. The molecule has 0 bridgehead atoms. The molecule has 20 heavy (non-hydrogen) atoms. The van der Waals surface area contributed by atoms with E-state index < -0.39 is 0 Å². The minimum Gasteiger partial charge on any atom is -0.507 e. The Morgan fingerprint density at radius 2 is 2.00 bits per heavy atom. The number of aromatic hydroxyl groups is 1. The van der Waals surface area contributed by atoms with Crippen molar-refractivity contribution in [3.63, 3.8) is 0 Å². The zero-order valence-corrected chi connectivity index (χ0v) is 11.4. The van der Waals surface area contributed by atoms with Crippen LogP contribution >= 0.6 is 11.8 Å². The van der Waals surface area contributed by atoms with Gasteiger partial charge in [-0.25, -0.2) is 0 Å². The molecule has 1 aliphatic rings. The Balaban J connectivity index is 1.92. The molecule has 0 unspecified atom stereocenters. The fourth-order valence-corrected chi connectivity index (χ4v) is 2.94. The van der Waals surface area contributed by atoms with E-state index in [1.807, 2.05) is 30.3 Å². The van der Waals surface area contributed by atoms with E-state index in [1.165, 1.54) is 23.9 Å². The van der Waals surface area contributed by atoms with E-state index in [9.17, 15) is 9.90 Å². The number of hydrogen-bond acceptors (Lipinski definition) is 4. The lowest BCUT2D eigenvalue weighted by atomic mass is 10.1. The van der Waals surface area contributed by atoms with Crippen molar-refractivity contribution in [1.82, 2.24) is 0 Å². The van der Waals surface area contributed by atoms with E-state index in [4.69, 9.17) is 4.74 Å². The van der Waals surface area contributed by atoms with Crippen LogP contribution in [0.5, 0.6) is 11.5 Å². The van der Waals surface area contributed by atoms with Crippen LogP contribution in [0.2, 0.25) is 0 Å². The highest BCUT2D eigenvalue weighted by Gasteiger charge is 2.23. The van der Waals surface area contributed by atoms with Gasteiger partial charge in [-0.3, -0.25) is 4.79 Å². The second-order valence-corrected chi connectivity index (χ2v) is 5.23. The third-order valence-corrected chi connectivity index (χ3v) is 3.92. The molecule has 0 spiro atoms. The summed E-state index contributed by atoms with van der Waals surface area (Å²) in [5.41, 5.74) is 1.26. The highest BCUT2D eigenvalue weighted by molar-refractivity contribution is 7.99. The van der Waals surface area contributed by atoms with Gasteiger partial charge in [0, 0.05) is 0 Å². The van der Waals surface area contributed by atoms with E-state index >= 15 is 0 Å². The van der Waals surface area contributed by atoms with Gasteiger partial charge in [-0.05, 0) is 23.8 Å². The molecule has 0 aromatic heterocycles. The maximum absolute atomic E-state index is 12.3. The molecule has 0 atom stereocenters. The number of benzene rings is 2. The molecule has 1 heterocycles. The standard InChI is InChI=1S/C16H12O3S/c17-12(7-6-11-4-2-1-3-5-11)15-13(18)8-9-14-16(15)20-10-19-14/h1-9,18H,10H2/b7-6+. The predicted molar refractivity (Wildman–Crippen MR) is 79.3 cm³/mol. The van der Waals surface area contributed by atoms with Crippen LogP contribution in [0, 0.1) is 0 Å². The number of phenolic OH excluding ortho intramolecular Hbond substituents is 1. The largest absolute Gasteiger partial charge is 0.507 e. The average molecular weight is 284 g/mol. The first-order valence-corrected chi connectivity index (χ1v) is 7.13. The van der Waals surface area contributed by atoms with Crippen LogP contribution in [0.1, 0.15) is 15.9 Å².